The van der Waals surface area contributed by atoms with Crippen LogP contribution in [-0.2, 0) is 0 Å². The molecule has 0 saturated carbocycles. The molecule has 3 rings (SSSR count). The summed E-state index contributed by atoms with van der Waals surface area (Å²) in [5.74, 6) is 1.05. The van der Waals surface area contributed by atoms with Gasteiger partial charge < -0.3 is 4.74 Å². The van der Waals surface area contributed by atoms with E-state index in [1.165, 1.54) is 0 Å². The second-order valence-corrected chi connectivity index (χ2v) is 5.28. The van der Waals surface area contributed by atoms with Gasteiger partial charge in [0, 0.05) is 15.8 Å². The van der Waals surface area contributed by atoms with Crippen molar-refractivity contribution in [1.29, 1.82) is 0 Å². The lowest BCUT2D eigenvalue weighted by Gasteiger charge is -2.12. The van der Waals surface area contributed by atoms with E-state index in [1.54, 1.807) is 30.3 Å². The fraction of sp³-hybridized carbons (Fsp3) is 0. The number of benzene rings is 3. The first-order chi connectivity index (χ1) is 10.2. The highest BCUT2D eigenvalue weighted by molar-refractivity contribution is 6.35. The third-order valence-electron chi connectivity index (χ3n) is 3.18. The van der Waals surface area contributed by atoms with Crippen LogP contribution >= 0.6 is 23.2 Å². The molecule has 0 unspecified atom stereocenters. The summed E-state index contributed by atoms with van der Waals surface area (Å²) in [7, 11) is 0. The zero-order chi connectivity index (χ0) is 14.8. The smallest absolute Gasteiger partial charge is 0.155 e. The summed E-state index contributed by atoms with van der Waals surface area (Å²) < 4.78 is 5.88. The molecule has 0 bridgehead atoms. The molecule has 0 amide bonds. The van der Waals surface area contributed by atoms with E-state index in [-0.39, 0.29) is 0 Å². The Morgan fingerprint density at radius 2 is 1.52 bits per heavy atom. The predicted octanol–water partition coefficient (Wildman–Crippen LogP) is 5.75. The van der Waals surface area contributed by atoms with Gasteiger partial charge in [-0.05, 0) is 24.3 Å². The van der Waals surface area contributed by atoms with Gasteiger partial charge in [0.05, 0.1) is 10.6 Å². The number of fused-ring (bicyclic) bond motifs is 1. The molecule has 2 nitrogen and oxygen atoms in total. The second-order valence-electron chi connectivity index (χ2n) is 4.46. The van der Waals surface area contributed by atoms with Crippen LogP contribution in [0.3, 0.4) is 0 Å². The molecule has 0 aromatic heterocycles. The molecule has 0 heterocycles. The molecule has 0 aliphatic carbocycles. The fourth-order valence-electron chi connectivity index (χ4n) is 2.16. The number of rotatable bonds is 3. The number of ether oxygens (including phenoxy) is 1. The number of aldehydes is 1. The lowest BCUT2D eigenvalue weighted by molar-refractivity contribution is 0.112. The van der Waals surface area contributed by atoms with Crippen LogP contribution in [0.4, 0.5) is 0 Å². The minimum atomic E-state index is 0.332. The van der Waals surface area contributed by atoms with Gasteiger partial charge in [0.2, 0.25) is 0 Å². The number of carbonyl (C=O) groups excluding carboxylic acids is 1. The van der Waals surface area contributed by atoms with Crippen molar-refractivity contribution in [3.05, 3.63) is 70.2 Å². The van der Waals surface area contributed by atoms with Gasteiger partial charge in [0.25, 0.3) is 0 Å². The van der Waals surface area contributed by atoms with Crippen molar-refractivity contribution in [3.8, 4) is 11.5 Å². The van der Waals surface area contributed by atoms with E-state index in [9.17, 15) is 4.79 Å². The summed E-state index contributed by atoms with van der Waals surface area (Å²) in [6, 6.07) is 16.3. The Bertz CT molecular complexity index is 828. The molecule has 4 heteroatoms. The summed E-state index contributed by atoms with van der Waals surface area (Å²) >= 11 is 12.2. The van der Waals surface area contributed by atoms with Gasteiger partial charge in [-0.2, -0.15) is 0 Å². The average molecular weight is 317 g/mol. The molecule has 0 radical (unpaired) electrons. The van der Waals surface area contributed by atoms with Gasteiger partial charge in [-0.3, -0.25) is 4.79 Å². The fourth-order valence-corrected chi connectivity index (χ4v) is 2.60. The van der Waals surface area contributed by atoms with E-state index in [0.29, 0.717) is 33.4 Å². The topological polar surface area (TPSA) is 26.3 Å². The van der Waals surface area contributed by atoms with Crippen molar-refractivity contribution in [1.82, 2.24) is 0 Å². The van der Waals surface area contributed by atoms with Crippen molar-refractivity contribution >= 4 is 40.3 Å². The molecule has 21 heavy (non-hydrogen) atoms. The molecule has 104 valence electrons. The number of hydrogen-bond donors (Lipinski definition) is 0. The lowest BCUT2D eigenvalue weighted by Crippen LogP contribution is -1.92. The number of halogens is 2. The normalized spacial score (nSPS) is 10.6. The van der Waals surface area contributed by atoms with Crippen LogP contribution in [0.2, 0.25) is 10.0 Å². The molecule has 0 saturated heterocycles. The van der Waals surface area contributed by atoms with Crippen LogP contribution in [0.1, 0.15) is 10.4 Å². The first kappa shape index (κ1) is 13.9. The van der Waals surface area contributed by atoms with Gasteiger partial charge in [-0.15, -0.1) is 0 Å². The monoisotopic (exact) mass is 316 g/mol. The highest BCUT2D eigenvalue weighted by Crippen LogP contribution is 2.36. The van der Waals surface area contributed by atoms with Gasteiger partial charge in [-0.25, -0.2) is 0 Å². The summed E-state index contributed by atoms with van der Waals surface area (Å²) in [5.41, 5.74) is 0.332. The summed E-state index contributed by atoms with van der Waals surface area (Å²) in [6.45, 7) is 0. The largest absolute Gasteiger partial charge is 0.456 e. The van der Waals surface area contributed by atoms with Gasteiger partial charge in [-0.1, -0.05) is 53.5 Å². The van der Waals surface area contributed by atoms with E-state index in [1.807, 2.05) is 24.3 Å². The molecular formula is C17H10Cl2O2. The number of hydrogen-bond acceptors (Lipinski definition) is 2. The molecule has 0 aliphatic heterocycles. The Balaban J connectivity index is 2.13. The van der Waals surface area contributed by atoms with Crippen molar-refractivity contribution in [2.75, 3.05) is 0 Å². The highest BCUT2D eigenvalue weighted by Gasteiger charge is 2.11. The highest BCUT2D eigenvalue weighted by atomic mass is 35.5. The maximum Gasteiger partial charge on any atom is 0.155 e. The Morgan fingerprint density at radius 3 is 2.29 bits per heavy atom. The standard InChI is InChI=1S/C17H10Cl2O2/c18-14-6-3-7-16(13(14)10-20)21-17-9-8-15(19)11-4-1-2-5-12(11)17/h1-10H. The van der Waals surface area contributed by atoms with Crippen LogP contribution in [-0.4, -0.2) is 6.29 Å². The van der Waals surface area contributed by atoms with Crippen molar-refractivity contribution < 1.29 is 9.53 Å². The molecule has 3 aromatic rings. The van der Waals surface area contributed by atoms with Crippen LogP contribution in [0.25, 0.3) is 10.8 Å². The van der Waals surface area contributed by atoms with E-state index >= 15 is 0 Å². The van der Waals surface area contributed by atoms with Gasteiger partial charge in [0.15, 0.2) is 6.29 Å². The van der Waals surface area contributed by atoms with Gasteiger partial charge >= 0.3 is 0 Å². The zero-order valence-corrected chi connectivity index (χ0v) is 12.4. The van der Waals surface area contributed by atoms with E-state index in [2.05, 4.69) is 0 Å². The molecule has 0 atom stereocenters. The summed E-state index contributed by atoms with van der Waals surface area (Å²) in [4.78, 5) is 11.2. The third-order valence-corrected chi connectivity index (χ3v) is 3.84. The quantitative estimate of drug-likeness (QED) is 0.575. The third kappa shape index (κ3) is 2.60. The predicted molar refractivity (Wildman–Crippen MR) is 85.9 cm³/mol. The second kappa shape index (κ2) is 5.76. The molecule has 0 fully saturated rings. The molecule has 0 N–H and O–H groups in total. The maximum atomic E-state index is 11.2. The molecular weight excluding hydrogens is 307 g/mol. The van der Waals surface area contributed by atoms with E-state index in [0.717, 1.165) is 10.8 Å². The van der Waals surface area contributed by atoms with Crippen molar-refractivity contribution in [3.63, 3.8) is 0 Å². The Morgan fingerprint density at radius 1 is 0.762 bits per heavy atom. The Kier molecular flexibility index (Phi) is 3.82. The van der Waals surface area contributed by atoms with E-state index in [4.69, 9.17) is 27.9 Å². The maximum absolute atomic E-state index is 11.2. The van der Waals surface area contributed by atoms with Gasteiger partial charge in [0.1, 0.15) is 11.5 Å². The van der Waals surface area contributed by atoms with E-state index < -0.39 is 0 Å². The average Bonchev–Trinajstić information content (AvgIpc) is 2.51. The summed E-state index contributed by atoms with van der Waals surface area (Å²) in [5, 5.41) is 2.79. The summed E-state index contributed by atoms with van der Waals surface area (Å²) in [6.07, 6.45) is 0.690. The SMILES string of the molecule is O=Cc1c(Cl)cccc1Oc1ccc(Cl)c2ccccc12. The lowest BCUT2D eigenvalue weighted by atomic mass is 10.1. The van der Waals surface area contributed by atoms with Crippen LogP contribution in [0, 0.1) is 0 Å². The molecule has 0 aliphatic rings. The molecule has 3 aromatic carbocycles. The minimum absolute atomic E-state index is 0.332. The minimum Gasteiger partial charge on any atom is -0.456 e. The van der Waals surface area contributed by atoms with Crippen LogP contribution < -0.4 is 4.74 Å². The Labute approximate surface area is 131 Å². The van der Waals surface area contributed by atoms with Crippen molar-refractivity contribution in [2.24, 2.45) is 0 Å². The first-order valence-corrected chi connectivity index (χ1v) is 7.05. The van der Waals surface area contributed by atoms with Crippen molar-refractivity contribution in [2.45, 2.75) is 0 Å². The first-order valence-electron chi connectivity index (χ1n) is 6.29. The Hall–Kier alpha value is -2.03. The molecule has 0 spiro atoms. The van der Waals surface area contributed by atoms with Crippen LogP contribution in [0.5, 0.6) is 11.5 Å². The van der Waals surface area contributed by atoms with Crippen LogP contribution in [0.15, 0.2) is 54.6 Å². The number of carbonyl (C=O) groups is 1. The zero-order valence-electron chi connectivity index (χ0n) is 10.8.